The Morgan fingerprint density at radius 2 is 1.96 bits per heavy atom. The summed E-state index contributed by atoms with van der Waals surface area (Å²) in [6.45, 7) is 3.59. The molecule has 0 fully saturated rings. The summed E-state index contributed by atoms with van der Waals surface area (Å²) in [6.07, 6.45) is 3.86. The standard InChI is InChI=1S/C20H23N3O/c1-3-23-13-12-22-20(23)19(21-2)17-10-7-11-18(14-17)24-15-16-8-5-4-6-9-16/h4-14,19,21H,3,15H2,1-2H3. The molecule has 1 N–H and O–H groups in total. The largest absolute Gasteiger partial charge is 0.489 e. The van der Waals surface area contributed by atoms with Gasteiger partial charge in [-0.2, -0.15) is 0 Å². The van der Waals surface area contributed by atoms with E-state index in [9.17, 15) is 0 Å². The van der Waals surface area contributed by atoms with Gasteiger partial charge in [0.2, 0.25) is 0 Å². The van der Waals surface area contributed by atoms with Crippen molar-refractivity contribution >= 4 is 0 Å². The van der Waals surface area contributed by atoms with Gasteiger partial charge in [-0.15, -0.1) is 0 Å². The molecule has 0 spiro atoms. The monoisotopic (exact) mass is 321 g/mol. The fourth-order valence-electron chi connectivity index (χ4n) is 2.82. The molecule has 0 radical (unpaired) electrons. The Balaban J connectivity index is 1.78. The number of imidazole rings is 1. The number of hydrogen-bond acceptors (Lipinski definition) is 3. The Morgan fingerprint density at radius 3 is 2.71 bits per heavy atom. The van der Waals surface area contributed by atoms with Gasteiger partial charge in [0.05, 0.1) is 6.04 Å². The van der Waals surface area contributed by atoms with Crippen LogP contribution in [-0.2, 0) is 13.2 Å². The first kappa shape index (κ1) is 16.3. The van der Waals surface area contributed by atoms with Crippen molar-refractivity contribution in [2.75, 3.05) is 7.05 Å². The molecule has 4 heteroatoms. The average Bonchev–Trinajstić information content (AvgIpc) is 3.10. The lowest BCUT2D eigenvalue weighted by atomic mass is 10.1. The number of ether oxygens (including phenoxy) is 1. The van der Waals surface area contributed by atoms with E-state index < -0.39 is 0 Å². The van der Waals surface area contributed by atoms with Crippen molar-refractivity contribution in [1.82, 2.24) is 14.9 Å². The molecule has 0 aliphatic rings. The Labute approximate surface area is 143 Å². The summed E-state index contributed by atoms with van der Waals surface area (Å²) in [5, 5.41) is 3.36. The highest BCUT2D eigenvalue weighted by Crippen LogP contribution is 2.24. The summed E-state index contributed by atoms with van der Waals surface area (Å²) < 4.78 is 8.10. The van der Waals surface area contributed by atoms with Gasteiger partial charge in [0.25, 0.3) is 0 Å². The average molecular weight is 321 g/mol. The van der Waals surface area contributed by atoms with Gasteiger partial charge >= 0.3 is 0 Å². The van der Waals surface area contributed by atoms with E-state index in [4.69, 9.17) is 4.74 Å². The molecule has 24 heavy (non-hydrogen) atoms. The zero-order valence-electron chi connectivity index (χ0n) is 14.1. The quantitative estimate of drug-likeness (QED) is 0.719. The predicted molar refractivity (Wildman–Crippen MR) is 96.0 cm³/mol. The molecule has 2 aromatic carbocycles. The second-order valence-electron chi connectivity index (χ2n) is 5.64. The van der Waals surface area contributed by atoms with Crippen LogP contribution in [0.3, 0.4) is 0 Å². The predicted octanol–water partition coefficient (Wildman–Crippen LogP) is 3.79. The minimum atomic E-state index is 0.0419. The summed E-state index contributed by atoms with van der Waals surface area (Å²) in [5.41, 5.74) is 2.30. The maximum absolute atomic E-state index is 5.95. The van der Waals surface area contributed by atoms with E-state index in [0.717, 1.165) is 29.2 Å². The number of benzene rings is 2. The summed E-state index contributed by atoms with van der Waals surface area (Å²) in [5.74, 6) is 1.88. The molecule has 4 nitrogen and oxygen atoms in total. The van der Waals surface area contributed by atoms with E-state index >= 15 is 0 Å². The second kappa shape index (κ2) is 7.79. The van der Waals surface area contributed by atoms with Crippen LogP contribution in [0, 0.1) is 0 Å². The van der Waals surface area contributed by atoms with Gasteiger partial charge in [0.15, 0.2) is 0 Å². The van der Waals surface area contributed by atoms with Gasteiger partial charge in [-0.3, -0.25) is 0 Å². The fourth-order valence-corrected chi connectivity index (χ4v) is 2.82. The first-order valence-corrected chi connectivity index (χ1v) is 8.26. The summed E-state index contributed by atoms with van der Waals surface area (Å²) in [7, 11) is 1.96. The van der Waals surface area contributed by atoms with Crippen molar-refractivity contribution in [3.63, 3.8) is 0 Å². The first-order chi connectivity index (χ1) is 11.8. The third-order valence-electron chi connectivity index (χ3n) is 4.08. The molecule has 1 atom stereocenters. The summed E-state index contributed by atoms with van der Waals surface area (Å²) >= 11 is 0. The number of rotatable bonds is 7. The van der Waals surface area contributed by atoms with Gasteiger partial charge in [0.1, 0.15) is 18.2 Å². The number of nitrogens with zero attached hydrogens (tertiary/aromatic N) is 2. The van der Waals surface area contributed by atoms with E-state index in [2.05, 4.69) is 46.1 Å². The second-order valence-corrected chi connectivity index (χ2v) is 5.64. The van der Waals surface area contributed by atoms with Crippen molar-refractivity contribution < 1.29 is 4.74 Å². The fraction of sp³-hybridized carbons (Fsp3) is 0.250. The lowest BCUT2D eigenvalue weighted by molar-refractivity contribution is 0.305. The van der Waals surface area contributed by atoms with Crippen molar-refractivity contribution in [2.45, 2.75) is 26.1 Å². The summed E-state index contributed by atoms with van der Waals surface area (Å²) in [6, 6.07) is 18.4. The molecule has 0 saturated carbocycles. The van der Waals surface area contributed by atoms with Crippen LogP contribution in [0.5, 0.6) is 5.75 Å². The van der Waals surface area contributed by atoms with Crippen LogP contribution in [-0.4, -0.2) is 16.6 Å². The van der Waals surface area contributed by atoms with Gasteiger partial charge in [-0.1, -0.05) is 42.5 Å². The van der Waals surface area contributed by atoms with Crippen molar-refractivity contribution in [1.29, 1.82) is 0 Å². The van der Waals surface area contributed by atoms with Crippen LogP contribution in [0.2, 0.25) is 0 Å². The molecule has 0 amide bonds. The molecular weight excluding hydrogens is 298 g/mol. The molecule has 0 aliphatic carbocycles. The van der Waals surface area contributed by atoms with Crippen molar-refractivity contribution in [2.24, 2.45) is 0 Å². The number of nitrogens with one attached hydrogen (secondary N) is 1. The van der Waals surface area contributed by atoms with E-state index in [1.807, 2.05) is 49.8 Å². The van der Waals surface area contributed by atoms with Gasteiger partial charge < -0.3 is 14.6 Å². The number of aromatic nitrogens is 2. The SMILES string of the molecule is CCn1ccnc1C(NC)c1cccc(OCc2ccccc2)c1. The van der Waals surface area contributed by atoms with Crippen LogP contribution in [0.25, 0.3) is 0 Å². The summed E-state index contributed by atoms with van der Waals surface area (Å²) in [4.78, 5) is 4.52. The molecule has 1 heterocycles. The van der Waals surface area contributed by atoms with Crippen molar-refractivity contribution in [3.8, 4) is 5.75 Å². The van der Waals surface area contributed by atoms with Gasteiger partial charge in [-0.05, 0) is 37.2 Å². The van der Waals surface area contributed by atoms with Crippen LogP contribution >= 0.6 is 0 Å². The highest BCUT2D eigenvalue weighted by atomic mass is 16.5. The molecule has 3 aromatic rings. The molecule has 1 aromatic heterocycles. The van der Waals surface area contributed by atoms with Crippen LogP contribution in [0.4, 0.5) is 0 Å². The smallest absolute Gasteiger partial charge is 0.130 e. The highest BCUT2D eigenvalue weighted by molar-refractivity contribution is 5.34. The molecule has 1 unspecified atom stereocenters. The Hall–Kier alpha value is -2.59. The molecule has 3 rings (SSSR count). The maximum atomic E-state index is 5.95. The van der Waals surface area contributed by atoms with Gasteiger partial charge in [-0.25, -0.2) is 4.98 Å². The number of aryl methyl sites for hydroxylation is 1. The van der Waals surface area contributed by atoms with Crippen LogP contribution in [0.1, 0.15) is 29.9 Å². The normalized spacial score (nSPS) is 12.1. The van der Waals surface area contributed by atoms with Crippen LogP contribution in [0.15, 0.2) is 67.0 Å². The highest BCUT2D eigenvalue weighted by Gasteiger charge is 2.17. The third kappa shape index (κ3) is 3.66. The Morgan fingerprint density at radius 1 is 1.12 bits per heavy atom. The third-order valence-corrected chi connectivity index (χ3v) is 4.08. The molecule has 124 valence electrons. The van der Waals surface area contributed by atoms with E-state index in [0.29, 0.717) is 6.61 Å². The Bertz CT molecular complexity index is 767. The van der Waals surface area contributed by atoms with E-state index in [1.165, 1.54) is 0 Å². The molecule has 0 aliphatic heterocycles. The van der Waals surface area contributed by atoms with E-state index in [1.54, 1.807) is 0 Å². The number of hydrogen-bond donors (Lipinski definition) is 1. The lowest BCUT2D eigenvalue weighted by Crippen LogP contribution is -2.21. The van der Waals surface area contributed by atoms with Crippen molar-refractivity contribution in [3.05, 3.63) is 83.9 Å². The minimum Gasteiger partial charge on any atom is -0.489 e. The van der Waals surface area contributed by atoms with Crippen LogP contribution < -0.4 is 10.1 Å². The topological polar surface area (TPSA) is 39.1 Å². The molecule has 0 saturated heterocycles. The maximum Gasteiger partial charge on any atom is 0.130 e. The van der Waals surface area contributed by atoms with Gasteiger partial charge in [0, 0.05) is 18.9 Å². The molecule has 0 bridgehead atoms. The van der Waals surface area contributed by atoms with E-state index in [-0.39, 0.29) is 6.04 Å². The minimum absolute atomic E-state index is 0.0419. The Kier molecular flexibility index (Phi) is 5.29. The zero-order chi connectivity index (χ0) is 16.8. The lowest BCUT2D eigenvalue weighted by Gasteiger charge is -2.18. The zero-order valence-corrected chi connectivity index (χ0v) is 14.1. The first-order valence-electron chi connectivity index (χ1n) is 8.26. The molecular formula is C20H23N3O.